The summed E-state index contributed by atoms with van der Waals surface area (Å²) in [4.78, 5) is 27.7. The minimum Gasteiger partial charge on any atom is -0.364 e. The van der Waals surface area contributed by atoms with Crippen LogP contribution in [0.1, 0.15) is 46.7 Å². The van der Waals surface area contributed by atoms with Crippen LogP contribution in [0.4, 0.5) is 10.1 Å². The normalized spacial score (nSPS) is 16.2. The lowest BCUT2D eigenvalue weighted by atomic mass is 9.75. The summed E-state index contributed by atoms with van der Waals surface area (Å²) in [6.45, 7) is 4.04. The molecule has 0 radical (unpaired) electrons. The van der Waals surface area contributed by atoms with Gasteiger partial charge in [-0.15, -0.1) is 0 Å². The van der Waals surface area contributed by atoms with E-state index in [0.717, 1.165) is 5.69 Å². The van der Waals surface area contributed by atoms with Crippen molar-refractivity contribution in [2.75, 3.05) is 5.32 Å². The van der Waals surface area contributed by atoms with Gasteiger partial charge in [-0.25, -0.2) is 4.39 Å². The van der Waals surface area contributed by atoms with Gasteiger partial charge in [-0.05, 0) is 24.0 Å². The number of carbonyl (C=O) groups is 2. The van der Waals surface area contributed by atoms with Crippen molar-refractivity contribution in [1.29, 1.82) is 0 Å². The molecule has 0 fully saturated rings. The van der Waals surface area contributed by atoms with E-state index in [1.54, 1.807) is 12.1 Å². The molecule has 1 aromatic carbocycles. The minimum absolute atomic E-state index is 0.0498. The van der Waals surface area contributed by atoms with E-state index in [-0.39, 0.29) is 22.4 Å². The average molecular weight is 300 g/mol. The summed E-state index contributed by atoms with van der Waals surface area (Å²) < 4.78 is 13.6. The molecule has 0 unspecified atom stereocenters. The number of para-hydroxylation sites is 1. The zero-order chi connectivity index (χ0) is 15.9. The lowest BCUT2D eigenvalue weighted by Gasteiger charge is -2.28. The van der Waals surface area contributed by atoms with E-state index in [1.165, 1.54) is 18.3 Å². The van der Waals surface area contributed by atoms with Crippen molar-refractivity contribution in [3.05, 3.63) is 53.1 Å². The number of hydrogen-bond acceptors (Lipinski definition) is 2. The van der Waals surface area contributed by atoms with Gasteiger partial charge in [0, 0.05) is 18.3 Å². The van der Waals surface area contributed by atoms with Gasteiger partial charge in [0.05, 0.1) is 16.8 Å². The Bertz CT molecular complexity index is 762. The van der Waals surface area contributed by atoms with Crippen LogP contribution in [-0.4, -0.2) is 16.7 Å². The number of amides is 1. The summed E-state index contributed by atoms with van der Waals surface area (Å²) in [5, 5.41) is 2.52. The maximum Gasteiger partial charge on any atom is 0.258 e. The fourth-order valence-electron chi connectivity index (χ4n) is 2.92. The van der Waals surface area contributed by atoms with Crippen molar-refractivity contribution in [3.63, 3.8) is 0 Å². The number of hydrogen-bond donors (Lipinski definition) is 2. The number of ketones is 1. The van der Waals surface area contributed by atoms with E-state index < -0.39 is 11.7 Å². The van der Waals surface area contributed by atoms with Crippen LogP contribution in [0.2, 0.25) is 0 Å². The third-order valence-corrected chi connectivity index (χ3v) is 3.90. The lowest BCUT2D eigenvalue weighted by Crippen LogP contribution is -2.28. The molecule has 22 heavy (non-hydrogen) atoms. The third kappa shape index (κ3) is 2.54. The van der Waals surface area contributed by atoms with Gasteiger partial charge >= 0.3 is 0 Å². The zero-order valence-corrected chi connectivity index (χ0v) is 12.5. The Morgan fingerprint density at radius 3 is 2.73 bits per heavy atom. The molecule has 1 aliphatic rings. The highest BCUT2D eigenvalue weighted by Gasteiger charge is 2.35. The van der Waals surface area contributed by atoms with Crippen LogP contribution in [0.15, 0.2) is 30.5 Å². The number of aromatic nitrogens is 1. The van der Waals surface area contributed by atoms with Gasteiger partial charge in [0.15, 0.2) is 5.78 Å². The molecule has 5 heteroatoms. The van der Waals surface area contributed by atoms with Gasteiger partial charge < -0.3 is 10.3 Å². The molecule has 0 saturated heterocycles. The number of benzene rings is 1. The molecular weight excluding hydrogens is 283 g/mol. The lowest BCUT2D eigenvalue weighted by molar-refractivity contribution is 0.0902. The van der Waals surface area contributed by atoms with Crippen molar-refractivity contribution < 1.29 is 14.0 Å². The SMILES string of the molecule is CC1(C)CC(=O)c2c(C(=O)Nc3ccccc3F)c[nH]c2C1. The quantitative estimate of drug-likeness (QED) is 0.890. The Balaban J connectivity index is 1.91. The molecule has 2 N–H and O–H groups in total. The largest absolute Gasteiger partial charge is 0.364 e. The summed E-state index contributed by atoms with van der Waals surface area (Å²) in [6.07, 6.45) is 2.64. The molecule has 1 aliphatic carbocycles. The van der Waals surface area contributed by atoms with Crippen molar-refractivity contribution >= 4 is 17.4 Å². The Kier molecular flexibility index (Phi) is 3.35. The first kappa shape index (κ1) is 14.5. The fourth-order valence-corrected chi connectivity index (χ4v) is 2.92. The summed E-state index contributed by atoms with van der Waals surface area (Å²) in [6, 6.07) is 5.95. The third-order valence-electron chi connectivity index (χ3n) is 3.90. The molecule has 114 valence electrons. The van der Waals surface area contributed by atoms with Gasteiger partial charge in [0.25, 0.3) is 5.91 Å². The van der Waals surface area contributed by atoms with Crippen LogP contribution in [-0.2, 0) is 6.42 Å². The molecule has 0 bridgehead atoms. The van der Waals surface area contributed by atoms with Crippen LogP contribution in [0, 0.1) is 11.2 Å². The van der Waals surface area contributed by atoms with Crippen molar-refractivity contribution in [1.82, 2.24) is 4.98 Å². The van der Waals surface area contributed by atoms with E-state index in [0.29, 0.717) is 18.4 Å². The molecule has 3 rings (SSSR count). The molecule has 0 saturated carbocycles. The predicted octanol–water partition coefficient (Wildman–Crippen LogP) is 3.56. The number of fused-ring (bicyclic) bond motifs is 1. The fraction of sp³-hybridized carbons (Fsp3) is 0.294. The van der Waals surface area contributed by atoms with Crippen LogP contribution in [0.3, 0.4) is 0 Å². The van der Waals surface area contributed by atoms with Gasteiger partial charge in [0.2, 0.25) is 0 Å². The summed E-state index contributed by atoms with van der Waals surface area (Å²) >= 11 is 0. The topological polar surface area (TPSA) is 62.0 Å². The van der Waals surface area contributed by atoms with Crippen LogP contribution < -0.4 is 5.32 Å². The van der Waals surface area contributed by atoms with Crippen molar-refractivity contribution in [2.45, 2.75) is 26.7 Å². The van der Waals surface area contributed by atoms with E-state index in [9.17, 15) is 14.0 Å². The summed E-state index contributed by atoms with van der Waals surface area (Å²) in [5.41, 5.74) is 1.48. The number of carbonyl (C=O) groups excluding carboxylic acids is 2. The second kappa shape index (κ2) is 5.09. The van der Waals surface area contributed by atoms with E-state index in [1.807, 2.05) is 13.8 Å². The molecular formula is C17H17FN2O2. The smallest absolute Gasteiger partial charge is 0.258 e. The number of H-pyrrole nitrogens is 1. The summed E-state index contributed by atoms with van der Waals surface area (Å²) in [7, 11) is 0. The molecule has 0 aliphatic heterocycles. The number of rotatable bonds is 2. The second-order valence-corrected chi connectivity index (χ2v) is 6.43. The van der Waals surface area contributed by atoms with Crippen LogP contribution in [0.25, 0.3) is 0 Å². The first-order chi connectivity index (χ1) is 10.4. The van der Waals surface area contributed by atoms with Gasteiger partial charge in [-0.2, -0.15) is 0 Å². The molecule has 0 atom stereocenters. The number of anilines is 1. The summed E-state index contributed by atoms with van der Waals surface area (Å²) in [5.74, 6) is -1.03. The molecule has 4 nitrogen and oxygen atoms in total. The zero-order valence-electron chi connectivity index (χ0n) is 12.5. The Hall–Kier alpha value is -2.43. The highest BCUT2D eigenvalue weighted by atomic mass is 19.1. The highest BCUT2D eigenvalue weighted by molar-refractivity contribution is 6.13. The van der Waals surface area contributed by atoms with Crippen molar-refractivity contribution in [3.8, 4) is 0 Å². The first-order valence-electron chi connectivity index (χ1n) is 7.17. The van der Waals surface area contributed by atoms with Gasteiger partial charge in [-0.1, -0.05) is 26.0 Å². The van der Waals surface area contributed by atoms with Gasteiger partial charge in [0.1, 0.15) is 5.82 Å². The van der Waals surface area contributed by atoms with Crippen LogP contribution in [0.5, 0.6) is 0 Å². The maximum absolute atomic E-state index is 13.6. The molecule has 0 spiro atoms. The number of halogens is 1. The van der Waals surface area contributed by atoms with E-state index in [2.05, 4.69) is 10.3 Å². The second-order valence-electron chi connectivity index (χ2n) is 6.43. The monoisotopic (exact) mass is 300 g/mol. The average Bonchev–Trinajstić information content (AvgIpc) is 2.83. The molecule has 1 aromatic heterocycles. The van der Waals surface area contributed by atoms with E-state index in [4.69, 9.17) is 0 Å². The number of Topliss-reactive ketones (excluding diaryl/α,β-unsaturated/α-hetero) is 1. The predicted molar refractivity (Wildman–Crippen MR) is 81.6 cm³/mol. The minimum atomic E-state index is -0.507. The molecule has 1 heterocycles. The first-order valence-corrected chi connectivity index (χ1v) is 7.17. The Labute approximate surface area is 127 Å². The number of nitrogens with one attached hydrogen (secondary N) is 2. The maximum atomic E-state index is 13.6. The number of aromatic amines is 1. The highest BCUT2D eigenvalue weighted by Crippen LogP contribution is 2.35. The van der Waals surface area contributed by atoms with Gasteiger partial charge in [-0.3, -0.25) is 9.59 Å². The Morgan fingerprint density at radius 2 is 2.00 bits per heavy atom. The van der Waals surface area contributed by atoms with Crippen LogP contribution >= 0.6 is 0 Å². The molecule has 1 amide bonds. The Morgan fingerprint density at radius 1 is 1.27 bits per heavy atom. The van der Waals surface area contributed by atoms with E-state index >= 15 is 0 Å². The molecule has 2 aromatic rings. The standard InChI is InChI=1S/C17H17FN2O2/c1-17(2)7-13-15(14(21)8-17)10(9-19-13)16(22)20-12-6-4-3-5-11(12)18/h3-6,9,19H,7-8H2,1-2H3,(H,20,22). The van der Waals surface area contributed by atoms with Crippen molar-refractivity contribution in [2.24, 2.45) is 5.41 Å².